The molecule has 3 rings (SSSR count). The summed E-state index contributed by atoms with van der Waals surface area (Å²) < 4.78 is 5.46. The van der Waals surface area contributed by atoms with E-state index in [0.29, 0.717) is 37.4 Å². The monoisotopic (exact) mass is 420 g/mol. The Balaban J connectivity index is 1.67. The Bertz CT molecular complexity index is 970. The van der Waals surface area contributed by atoms with Crippen molar-refractivity contribution in [2.45, 2.75) is 26.9 Å². The lowest BCUT2D eigenvalue weighted by atomic mass is 10.1. The van der Waals surface area contributed by atoms with Crippen molar-refractivity contribution < 1.29 is 14.0 Å². The summed E-state index contributed by atoms with van der Waals surface area (Å²) in [5, 5.41) is 2.91. The third-order valence-corrected chi connectivity index (χ3v) is 4.90. The molecular weight excluding hydrogens is 392 g/mol. The maximum absolute atomic E-state index is 12.8. The SMILES string of the molecule is CCN(CC)C(=O)c1cccc(NC(=O)CN(Cc2cccnc2)Cc2ccco2)c1. The summed E-state index contributed by atoms with van der Waals surface area (Å²) in [7, 11) is 0. The molecular formula is C24H28N4O3. The molecule has 0 aliphatic rings. The fourth-order valence-corrected chi connectivity index (χ4v) is 3.37. The Morgan fingerprint density at radius 3 is 2.55 bits per heavy atom. The van der Waals surface area contributed by atoms with Crippen LogP contribution in [-0.4, -0.2) is 46.2 Å². The molecule has 0 spiro atoms. The molecule has 0 atom stereocenters. The van der Waals surface area contributed by atoms with Crippen molar-refractivity contribution in [3.05, 3.63) is 84.1 Å². The van der Waals surface area contributed by atoms with Gasteiger partial charge < -0.3 is 14.6 Å². The maximum Gasteiger partial charge on any atom is 0.253 e. The normalized spacial score (nSPS) is 10.8. The number of aromatic nitrogens is 1. The highest BCUT2D eigenvalue weighted by atomic mass is 16.3. The molecule has 2 heterocycles. The van der Waals surface area contributed by atoms with Gasteiger partial charge in [-0.25, -0.2) is 0 Å². The molecule has 0 aliphatic carbocycles. The smallest absolute Gasteiger partial charge is 0.253 e. The van der Waals surface area contributed by atoms with Gasteiger partial charge in [-0.15, -0.1) is 0 Å². The molecule has 7 nitrogen and oxygen atoms in total. The number of nitrogens with one attached hydrogen (secondary N) is 1. The van der Waals surface area contributed by atoms with Crippen molar-refractivity contribution in [2.24, 2.45) is 0 Å². The predicted molar refractivity (Wildman–Crippen MR) is 119 cm³/mol. The topological polar surface area (TPSA) is 78.7 Å². The summed E-state index contributed by atoms with van der Waals surface area (Å²) in [5.74, 6) is 0.573. The molecule has 31 heavy (non-hydrogen) atoms. The quantitative estimate of drug-likeness (QED) is 0.540. The van der Waals surface area contributed by atoms with E-state index in [1.807, 2.05) is 43.0 Å². The van der Waals surface area contributed by atoms with Crippen LogP contribution in [0.4, 0.5) is 5.69 Å². The first-order valence-electron chi connectivity index (χ1n) is 10.4. The lowest BCUT2D eigenvalue weighted by Gasteiger charge is -2.21. The van der Waals surface area contributed by atoms with E-state index in [1.165, 1.54) is 0 Å². The van der Waals surface area contributed by atoms with E-state index in [4.69, 9.17) is 4.42 Å². The number of amides is 2. The van der Waals surface area contributed by atoms with E-state index in [0.717, 1.165) is 11.3 Å². The number of rotatable bonds is 10. The van der Waals surface area contributed by atoms with E-state index in [-0.39, 0.29) is 18.4 Å². The van der Waals surface area contributed by atoms with Crippen LogP contribution in [0.3, 0.4) is 0 Å². The minimum absolute atomic E-state index is 0.0443. The second-order valence-corrected chi connectivity index (χ2v) is 7.19. The van der Waals surface area contributed by atoms with Gasteiger partial charge in [0.1, 0.15) is 5.76 Å². The molecule has 0 fully saturated rings. The van der Waals surface area contributed by atoms with Gasteiger partial charge in [0.05, 0.1) is 19.4 Å². The zero-order valence-corrected chi connectivity index (χ0v) is 18.0. The van der Waals surface area contributed by atoms with Gasteiger partial charge in [0.25, 0.3) is 5.91 Å². The number of furan rings is 1. The number of hydrogen-bond donors (Lipinski definition) is 1. The number of carbonyl (C=O) groups is 2. The average Bonchev–Trinajstić information content (AvgIpc) is 3.28. The number of hydrogen-bond acceptors (Lipinski definition) is 5. The second kappa shape index (κ2) is 11.1. The summed E-state index contributed by atoms with van der Waals surface area (Å²) in [6.07, 6.45) is 5.13. The fourth-order valence-electron chi connectivity index (χ4n) is 3.37. The largest absolute Gasteiger partial charge is 0.468 e. The van der Waals surface area contributed by atoms with Crippen LogP contribution in [0.25, 0.3) is 0 Å². The summed E-state index contributed by atoms with van der Waals surface area (Å²) in [6.45, 7) is 6.40. The highest BCUT2D eigenvalue weighted by Gasteiger charge is 2.16. The van der Waals surface area contributed by atoms with Crippen LogP contribution in [-0.2, 0) is 17.9 Å². The van der Waals surface area contributed by atoms with Gasteiger partial charge in [-0.1, -0.05) is 12.1 Å². The van der Waals surface area contributed by atoms with E-state index in [2.05, 4.69) is 10.3 Å². The van der Waals surface area contributed by atoms with Gasteiger partial charge in [0.15, 0.2) is 0 Å². The molecule has 3 aromatic rings. The molecule has 1 N–H and O–H groups in total. The highest BCUT2D eigenvalue weighted by molar-refractivity contribution is 5.97. The number of carbonyl (C=O) groups excluding carboxylic acids is 2. The van der Waals surface area contributed by atoms with E-state index < -0.39 is 0 Å². The Morgan fingerprint density at radius 1 is 1.03 bits per heavy atom. The molecule has 0 radical (unpaired) electrons. The summed E-state index contributed by atoms with van der Waals surface area (Å²) in [4.78, 5) is 33.2. The molecule has 7 heteroatoms. The molecule has 1 aromatic carbocycles. The van der Waals surface area contributed by atoms with Gasteiger partial charge >= 0.3 is 0 Å². The first kappa shape index (κ1) is 22.2. The van der Waals surface area contributed by atoms with Crippen molar-refractivity contribution in [1.29, 1.82) is 0 Å². The van der Waals surface area contributed by atoms with E-state index in [9.17, 15) is 9.59 Å². The van der Waals surface area contributed by atoms with E-state index in [1.54, 1.807) is 47.8 Å². The van der Waals surface area contributed by atoms with Crippen LogP contribution >= 0.6 is 0 Å². The van der Waals surface area contributed by atoms with Gasteiger partial charge in [0, 0.05) is 43.3 Å². The Morgan fingerprint density at radius 2 is 1.87 bits per heavy atom. The minimum atomic E-state index is -0.164. The van der Waals surface area contributed by atoms with E-state index >= 15 is 0 Å². The first-order chi connectivity index (χ1) is 15.1. The molecule has 0 saturated heterocycles. The van der Waals surface area contributed by atoms with Crippen LogP contribution in [0.1, 0.15) is 35.5 Å². The summed E-state index contributed by atoms with van der Waals surface area (Å²) >= 11 is 0. The molecule has 162 valence electrons. The number of anilines is 1. The Kier molecular flexibility index (Phi) is 7.95. The minimum Gasteiger partial charge on any atom is -0.468 e. The predicted octanol–water partition coefficient (Wildman–Crippen LogP) is 3.80. The molecule has 2 aromatic heterocycles. The molecule has 0 saturated carbocycles. The van der Waals surface area contributed by atoms with Crippen LogP contribution in [0.5, 0.6) is 0 Å². The van der Waals surface area contributed by atoms with Crippen molar-refractivity contribution in [3.8, 4) is 0 Å². The average molecular weight is 421 g/mol. The zero-order valence-electron chi connectivity index (χ0n) is 18.0. The van der Waals surface area contributed by atoms with Gasteiger partial charge in [0.2, 0.25) is 5.91 Å². The van der Waals surface area contributed by atoms with Crippen LogP contribution in [0, 0.1) is 0 Å². The maximum atomic E-state index is 12.8. The summed E-state index contributed by atoms with van der Waals surface area (Å²) in [6, 6.07) is 14.6. The number of nitrogens with zero attached hydrogens (tertiary/aromatic N) is 3. The third kappa shape index (κ3) is 6.52. The zero-order chi connectivity index (χ0) is 22.1. The lowest BCUT2D eigenvalue weighted by Crippen LogP contribution is -2.33. The molecule has 2 amide bonds. The second-order valence-electron chi connectivity index (χ2n) is 7.19. The van der Waals surface area contributed by atoms with Crippen LogP contribution in [0.2, 0.25) is 0 Å². The van der Waals surface area contributed by atoms with Gasteiger partial charge in [-0.05, 0) is 55.8 Å². The fraction of sp³-hybridized carbons (Fsp3) is 0.292. The Labute approximate surface area is 182 Å². The Hall–Kier alpha value is -3.45. The van der Waals surface area contributed by atoms with Gasteiger partial charge in [-0.3, -0.25) is 19.5 Å². The lowest BCUT2D eigenvalue weighted by molar-refractivity contribution is -0.117. The van der Waals surface area contributed by atoms with Gasteiger partial charge in [-0.2, -0.15) is 0 Å². The number of pyridine rings is 1. The van der Waals surface area contributed by atoms with Crippen LogP contribution < -0.4 is 5.32 Å². The highest BCUT2D eigenvalue weighted by Crippen LogP contribution is 2.14. The number of benzene rings is 1. The van der Waals surface area contributed by atoms with Crippen molar-refractivity contribution in [1.82, 2.24) is 14.8 Å². The molecule has 0 aliphatic heterocycles. The third-order valence-electron chi connectivity index (χ3n) is 4.90. The molecule has 0 unspecified atom stereocenters. The standard InChI is InChI=1S/C24H28N4O3/c1-3-28(4-2)24(30)20-9-5-10-21(14-20)26-23(29)18-27(17-22-11-7-13-31-22)16-19-8-6-12-25-15-19/h5-15H,3-4,16-18H2,1-2H3,(H,26,29). The first-order valence-corrected chi connectivity index (χ1v) is 10.4. The van der Waals surface area contributed by atoms with Crippen molar-refractivity contribution in [3.63, 3.8) is 0 Å². The summed E-state index contributed by atoms with van der Waals surface area (Å²) in [5.41, 5.74) is 2.17. The van der Waals surface area contributed by atoms with Crippen LogP contribution in [0.15, 0.2) is 71.6 Å². The molecule has 0 bridgehead atoms. The van der Waals surface area contributed by atoms with Crippen molar-refractivity contribution in [2.75, 3.05) is 25.0 Å². The van der Waals surface area contributed by atoms with Crippen molar-refractivity contribution >= 4 is 17.5 Å².